The van der Waals surface area contributed by atoms with E-state index in [0.29, 0.717) is 16.8 Å². The molecule has 1 aliphatic rings. The van der Waals surface area contributed by atoms with Crippen LogP contribution in [0.15, 0.2) is 53.4 Å². The molecule has 7 nitrogen and oxygen atoms in total. The minimum absolute atomic E-state index is 0.196. The monoisotopic (exact) mass is 438 g/mol. The van der Waals surface area contributed by atoms with Crippen molar-refractivity contribution in [3.8, 4) is 5.69 Å². The van der Waals surface area contributed by atoms with Crippen molar-refractivity contribution in [2.75, 3.05) is 13.1 Å². The van der Waals surface area contributed by atoms with Crippen LogP contribution in [-0.4, -0.2) is 41.5 Å². The van der Waals surface area contributed by atoms with E-state index in [9.17, 15) is 13.2 Å². The Hall–Kier alpha value is -2.97. The molecule has 1 saturated heterocycles. The summed E-state index contributed by atoms with van der Waals surface area (Å²) in [5.74, 6) is -0.334. The molecular formula is C23H26N4O3S. The molecule has 2 aromatic carbocycles. The minimum atomic E-state index is -3.90. The van der Waals surface area contributed by atoms with Crippen LogP contribution < -0.4 is 5.32 Å². The summed E-state index contributed by atoms with van der Waals surface area (Å²) in [5.41, 5.74) is 4.36. The second-order valence-corrected chi connectivity index (χ2v) is 9.77. The fourth-order valence-corrected chi connectivity index (χ4v) is 6.04. The van der Waals surface area contributed by atoms with Crippen molar-refractivity contribution in [1.82, 2.24) is 19.4 Å². The molecule has 0 aliphatic carbocycles. The lowest BCUT2D eigenvalue weighted by Gasteiger charge is -2.34. The number of aromatic nitrogens is 2. The number of piperazine rings is 1. The molecule has 31 heavy (non-hydrogen) atoms. The molecule has 162 valence electrons. The lowest BCUT2D eigenvalue weighted by atomic mass is 10.0. The lowest BCUT2D eigenvalue weighted by Crippen LogP contribution is -2.52. The molecular weight excluding hydrogens is 412 g/mol. The molecule has 1 atom stereocenters. The first-order valence-electron chi connectivity index (χ1n) is 10.2. The smallest absolute Gasteiger partial charge is 0.244 e. The molecule has 0 radical (unpaired) electrons. The van der Waals surface area contributed by atoms with Crippen LogP contribution in [-0.2, 0) is 14.8 Å². The van der Waals surface area contributed by atoms with Gasteiger partial charge < -0.3 is 5.32 Å². The SMILES string of the molecule is Cc1ccc(C)c(S(=O)(=O)N2CCNC(=O)[C@H]2c2c(C)nn(-c3ccccc3)c2C)c1. The van der Waals surface area contributed by atoms with E-state index in [1.807, 2.05) is 57.2 Å². The Balaban J connectivity index is 1.86. The highest BCUT2D eigenvalue weighted by molar-refractivity contribution is 7.89. The van der Waals surface area contributed by atoms with Gasteiger partial charge in [-0.1, -0.05) is 30.3 Å². The summed E-state index contributed by atoms with van der Waals surface area (Å²) in [6.07, 6.45) is 0. The number of carbonyl (C=O) groups is 1. The maximum absolute atomic E-state index is 13.7. The number of para-hydroxylation sites is 1. The van der Waals surface area contributed by atoms with Gasteiger partial charge in [0.1, 0.15) is 6.04 Å². The molecule has 1 fully saturated rings. The Morgan fingerprint density at radius 3 is 2.45 bits per heavy atom. The Kier molecular flexibility index (Phi) is 5.45. The second kappa shape index (κ2) is 7.94. The number of benzene rings is 2. The molecule has 1 aliphatic heterocycles. The fourth-order valence-electron chi connectivity index (χ4n) is 4.16. The summed E-state index contributed by atoms with van der Waals surface area (Å²) in [5, 5.41) is 7.46. The average Bonchev–Trinajstić information content (AvgIpc) is 3.04. The first-order chi connectivity index (χ1) is 14.7. The first-order valence-corrected chi connectivity index (χ1v) is 11.6. The Morgan fingerprint density at radius 2 is 1.74 bits per heavy atom. The molecule has 2 heterocycles. The van der Waals surface area contributed by atoms with Gasteiger partial charge in [0.05, 0.1) is 16.3 Å². The van der Waals surface area contributed by atoms with E-state index in [-0.39, 0.29) is 23.9 Å². The topological polar surface area (TPSA) is 84.3 Å². The number of carbonyl (C=O) groups excluding carboxylic acids is 1. The highest BCUT2D eigenvalue weighted by Gasteiger charge is 2.42. The Bertz CT molecular complexity index is 1250. The highest BCUT2D eigenvalue weighted by Crippen LogP contribution is 2.35. The summed E-state index contributed by atoms with van der Waals surface area (Å²) in [4.78, 5) is 13.3. The molecule has 0 spiro atoms. The lowest BCUT2D eigenvalue weighted by molar-refractivity contribution is -0.127. The quantitative estimate of drug-likeness (QED) is 0.679. The van der Waals surface area contributed by atoms with Gasteiger partial charge in [0.15, 0.2) is 0 Å². The Labute approximate surface area is 182 Å². The standard InChI is InChI=1S/C23H26N4O3S/c1-15-10-11-16(2)20(14-15)31(29,30)26-13-12-24-23(28)22(26)21-17(3)25-27(18(21)4)19-8-6-5-7-9-19/h5-11,14,22H,12-13H2,1-4H3,(H,24,28)/t22-/m1/s1. The third-order valence-corrected chi connectivity index (χ3v) is 7.73. The summed E-state index contributed by atoms with van der Waals surface area (Å²) < 4.78 is 30.5. The van der Waals surface area contributed by atoms with Gasteiger partial charge in [0.2, 0.25) is 15.9 Å². The van der Waals surface area contributed by atoms with Crippen molar-refractivity contribution >= 4 is 15.9 Å². The van der Waals surface area contributed by atoms with Crippen LogP contribution in [0, 0.1) is 27.7 Å². The zero-order chi connectivity index (χ0) is 22.3. The predicted molar refractivity (Wildman–Crippen MR) is 119 cm³/mol. The fraction of sp³-hybridized carbons (Fsp3) is 0.304. The van der Waals surface area contributed by atoms with Gasteiger partial charge in [-0.15, -0.1) is 0 Å². The van der Waals surface area contributed by atoms with Crippen LogP contribution in [0.2, 0.25) is 0 Å². The zero-order valence-corrected chi connectivity index (χ0v) is 18.9. The maximum Gasteiger partial charge on any atom is 0.244 e. The van der Waals surface area contributed by atoms with Crippen molar-refractivity contribution in [2.45, 2.75) is 38.6 Å². The van der Waals surface area contributed by atoms with Crippen molar-refractivity contribution in [2.24, 2.45) is 0 Å². The van der Waals surface area contributed by atoms with E-state index < -0.39 is 16.1 Å². The summed E-state index contributed by atoms with van der Waals surface area (Å²) >= 11 is 0. The maximum atomic E-state index is 13.7. The summed E-state index contributed by atoms with van der Waals surface area (Å²) in [6.45, 7) is 7.78. The van der Waals surface area contributed by atoms with Gasteiger partial charge in [0.25, 0.3) is 0 Å². The number of sulfonamides is 1. The number of aryl methyl sites for hydroxylation is 3. The van der Waals surface area contributed by atoms with E-state index in [4.69, 9.17) is 0 Å². The van der Waals surface area contributed by atoms with Gasteiger partial charge in [-0.3, -0.25) is 4.79 Å². The van der Waals surface area contributed by atoms with Crippen LogP contribution in [0.25, 0.3) is 5.69 Å². The van der Waals surface area contributed by atoms with Crippen LogP contribution in [0.3, 0.4) is 0 Å². The van der Waals surface area contributed by atoms with Crippen molar-refractivity contribution in [3.05, 3.63) is 76.6 Å². The van der Waals surface area contributed by atoms with Crippen LogP contribution in [0.4, 0.5) is 0 Å². The molecule has 1 N–H and O–H groups in total. The molecule has 0 saturated carbocycles. The van der Waals surface area contributed by atoms with Gasteiger partial charge in [-0.25, -0.2) is 13.1 Å². The molecule has 8 heteroatoms. The van der Waals surface area contributed by atoms with E-state index in [1.54, 1.807) is 23.7 Å². The number of nitrogens with one attached hydrogen (secondary N) is 1. The summed E-state index contributed by atoms with van der Waals surface area (Å²) in [7, 11) is -3.90. The number of hydrogen-bond acceptors (Lipinski definition) is 4. The van der Waals surface area contributed by atoms with E-state index in [0.717, 1.165) is 16.9 Å². The van der Waals surface area contributed by atoms with E-state index >= 15 is 0 Å². The van der Waals surface area contributed by atoms with E-state index in [2.05, 4.69) is 10.4 Å². The minimum Gasteiger partial charge on any atom is -0.353 e. The van der Waals surface area contributed by atoms with Crippen molar-refractivity contribution in [3.63, 3.8) is 0 Å². The molecule has 1 aromatic heterocycles. The molecule has 0 bridgehead atoms. The molecule has 0 unspecified atom stereocenters. The zero-order valence-electron chi connectivity index (χ0n) is 18.1. The summed E-state index contributed by atoms with van der Waals surface area (Å²) in [6, 6.07) is 14.0. The highest BCUT2D eigenvalue weighted by atomic mass is 32.2. The number of rotatable bonds is 4. The third kappa shape index (κ3) is 3.66. The van der Waals surface area contributed by atoms with Crippen molar-refractivity contribution < 1.29 is 13.2 Å². The number of nitrogens with zero attached hydrogens (tertiary/aromatic N) is 3. The Morgan fingerprint density at radius 1 is 1.03 bits per heavy atom. The van der Waals surface area contributed by atoms with Gasteiger partial charge >= 0.3 is 0 Å². The van der Waals surface area contributed by atoms with Gasteiger partial charge in [0, 0.05) is 24.3 Å². The molecule has 4 rings (SSSR count). The van der Waals surface area contributed by atoms with Crippen molar-refractivity contribution in [1.29, 1.82) is 0 Å². The number of hydrogen-bond donors (Lipinski definition) is 1. The van der Waals surface area contributed by atoms with Crippen LogP contribution in [0.1, 0.15) is 34.1 Å². The van der Waals surface area contributed by atoms with E-state index in [1.165, 1.54) is 4.31 Å². The first kappa shape index (κ1) is 21.3. The second-order valence-electron chi connectivity index (χ2n) is 7.91. The van der Waals surface area contributed by atoms with Crippen LogP contribution >= 0.6 is 0 Å². The normalized spacial score (nSPS) is 17.5. The van der Waals surface area contributed by atoms with Crippen LogP contribution in [0.5, 0.6) is 0 Å². The average molecular weight is 439 g/mol. The largest absolute Gasteiger partial charge is 0.353 e. The van der Waals surface area contributed by atoms with Gasteiger partial charge in [-0.05, 0) is 57.0 Å². The van der Waals surface area contributed by atoms with Gasteiger partial charge in [-0.2, -0.15) is 9.40 Å². The molecule has 1 amide bonds. The number of amides is 1. The predicted octanol–water partition coefficient (Wildman–Crippen LogP) is 2.97. The molecule has 3 aromatic rings. The third-order valence-electron chi connectivity index (χ3n) is 5.72.